The lowest BCUT2D eigenvalue weighted by molar-refractivity contribution is -0.150. The van der Waals surface area contributed by atoms with E-state index in [1.807, 2.05) is 50.2 Å². The molecule has 0 aliphatic heterocycles. The number of amides is 1. The van der Waals surface area contributed by atoms with Gasteiger partial charge in [-0.05, 0) is 29.2 Å². The molecule has 0 saturated carbocycles. The van der Waals surface area contributed by atoms with Gasteiger partial charge < -0.3 is 10.1 Å². The molecule has 0 bridgehead atoms. The SMILES string of the molecule is CC(C)[C@H](NC(=O)Cc1ccccc1)C(=O)OCc1ccc(C#N)cc1. The second kappa shape index (κ2) is 9.38. The van der Waals surface area contributed by atoms with Crippen LogP contribution in [0, 0.1) is 17.2 Å². The summed E-state index contributed by atoms with van der Waals surface area (Å²) in [6.45, 7) is 3.81. The molecule has 0 aliphatic rings. The summed E-state index contributed by atoms with van der Waals surface area (Å²) in [6, 6.07) is 17.5. The minimum absolute atomic E-state index is 0.0943. The van der Waals surface area contributed by atoms with E-state index in [2.05, 4.69) is 5.32 Å². The van der Waals surface area contributed by atoms with Gasteiger partial charge in [-0.15, -0.1) is 0 Å². The van der Waals surface area contributed by atoms with E-state index in [0.717, 1.165) is 11.1 Å². The van der Waals surface area contributed by atoms with E-state index in [9.17, 15) is 9.59 Å². The number of nitriles is 1. The second-order valence-corrected chi connectivity index (χ2v) is 6.37. The molecule has 2 aromatic carbocycles. The summed E-state index contributed by atoms with van der Waals surface area (Å²) in [7, 11) is 0. The normalized spacial score (nSPS) is 11.5. The van der Waals surface area contributed by atoms with E-state index in [0.29, 0.717) is 5.56 Å². The molecule has 0 aliphatic carbocycles. The molecule has 0 aromatic heterocycles. The van der Waals surface area contributed by atoms with E-state index < -0.39 is 12.0 Å². The van der Waals surface area contributed by atoms with Crippen LogP contribution in [0.1, 0.15) is 30.5 Å². The van der Waals surface area contributed by atoms with Crippen LogP contribution in [-0.2, 0) is 27.4 Å². The van der Waals surface area contributed by atoms with Crippen molar-refractivity contribution in [3.63, 3.8) is 0 Å². The third-order valence-electron chi connectivity index (χ3n) is 3.91. The van der Waals surface area contributed by atoms with Gasteiger partial charge in [-0.1, -0.05) is 56.3 Å². The summed E-state index contributed by atoms with van der Waals surface area (Å²) >= 11 is 0. The highest BCUT2D eigenvalue weighted by Crippen LogP contribution is 2.09. The summed E-state index contributed by atoms with van der Waals surface area (Å²) in [5, 5.41) is 11.6. The fourth-order valence-electron chi connectivity index (χ4n) is 2.42. The molecule has 5 heteroatoms. The zero-order valence-electron chi connectivity index (χ0n) is 14.9. The number of ether oxygens (including phenoxy) is 1. The van der Waals surface area contributed by atoms with E-state index in [-0.39, 0.29) is 24.9 Å². The van der Waals surface area contributed by atoms with Crippen molar-refractivity contribution in [2.45, 2.75) is 32.9 Å². The van der Waals surface area contributed by atoms with Crippen molar-refractivity contribution < 1.29 is 14.3 Å². The average Bonchev–Trinajstić information content (AvgIpc) is 2.65. The Bertz CT molecular complexity index is 777. The third kappa shape index (κ3) is 5.75. The topological polar surface area (TPSA) is 79.2 Å². The monoisotopic (exact) mass is 350 g/mol. The van der Waals surface area contributed by atoms with Gasteiger partial charge in [0.25, 0.3) is 0 Å². The quantitative estimate of drug-likeness (QED) is 0.779. The highest BCUT2D eigenvalue weighted by Gasteiger charge is 2.25. The standard InChI is InChI=1S/C21H22N2O3/c1-15(2)20(23-19(24)12-16-6-4-3-5-7-16)21(25)26-14-18-10-8-17(13-22)9-11-18/h3-11,15,20H,12,14H2,1-2H3,(H,23,24)/t20-/m0/s1. The fraction of sp³-hybridized carbons (Fsp3) is 0.286. The number of esters is 1. The van der Waals surface area contributed by atoms with Crippen LogP contribution in [0.3, 0.4) is 0 Å². The number of hydrogen-bond donors (Lipinski definition) is 1. The Labute approximate surface area is 153 Å². The first-order valence-corrected chi connectivity index (χ1v) is 8.48. The predicted molar refractivity (Wildman–Crippen MR) is 97.9 cm³/mol. The molecule has 0 heterocycles. The van der Waals surface area contributed by atoms with Gasteiger partial charge in [0.15, 0.2) is 0 Å². The lowest BCUT2D eigenvalue weighted by Gasteiger charge is -2.21. The van der Waals surface area contributed by atoms with Crippen molar-refractivity contribution >= 4 is 11.9 Å². The van der Waals surface area contributed by atoms with Gasteiger partial charge >= 0.3 is 5.97 Å². The van der Waals surface area contributed by atoms with Crippen LogP contribution in [0.25, 0.3) is 0 Å². The largest absolute Gasteiger partial charge is 0.459 e. The van der Waals surface area contributed by atoms with Gasteiger partial charge in [0.1, 0.15) is 12.6 Å². The zero-order valence-corrected chi connectivity index (χ0v) is 14.9. The van der Waals surface area contributed by atoms with Crippen LogP contribution in [-0.4, -0.2) is 17.9 Å². The van der Waals surface area contributed by atoms with Gasteiger partial charge in [0.2, 0.25) is 5.91 Å². The molecule has 0 radical (unpaired) electrons. The first-order valence-electron chi connectivity index (χ1n) is 8.48. The lowest BCUT2D eigenvalue weighted by atomic mass is 10.0. The maximum atomic E-state index is 12.4. The number of benzene rings is 2. The molecule has 2 aromatic rings. The molecule has 0 saturated heterocycles. The van der Waals surface area contributed by atoms with E-state index in [1.165, 1.54) is 0 Å². The number of carbonyl (C=O) groups is 2. The Morgan fingerprint density at radius 2 is 1.69 bits per heavy atom. The van der Waals surface area contributed by atoms with Crippen molar-refractivity contribution in [3.8, 4) is 6.07 Å². The molecular weight excluding hydrogens is 328 g/mol. The van der Waals surface area contributed by atoms with Crippen LogP contribution >= 0.6 is 0 Å². The lowest BCUT2D eigenvalue weighted by Crippen LogP contribution is -2.45. The number of rotatable bonds is 7. The van der Waals surface area contributed by atoms with Crippen LogP contribution < -0.4 is 5.32 Å². The van der Waals surface area contributed by atoms with E-state index in [1.54, 1.807) is 24.3 Å². The molecule has 0 fully saturated rings. The summed E-state index contributed by atoms with van der Waals surface area (Å²) in [5.74, 6) is -0.779. The predicted octanol–water partition coefficient (Wildman–Crippen LogP) is 2.98. The molecule has 1 N–H and O–H groups in total. The molecular formula is C21H22N2O3. The van der Waals surface area contributed by atoms with Gasteiger partial charge in [-0.3, -0.25) is 4.79 Å². The summed E-state index contributed by atoms with van der Waals surface area (Å²) in [6.07, 6.45) is 0.215. The van der Waals surface area contributed by atoms with Gasteiger partial charge in [0.05, 0.1) is 18.1 Å². The van der Waals surface area contributed by atoms with Crippen molar-refractivity contribution in [1.29, 1.82) is 5.26 Å². The third-order valence-corrected chi connectivity index (χ3v) is 3.91. The molecule has 0 unspecified atom stereocenters. The maximum absolute atomic E-state index is 12.4. The highest BCUT2D eigenvalue weighted by atomic mass is 16.5. The Hall–Kier alpha value is -3.13. The molecule has 1 atom stereocenters. The molecule has 0 spiro atoms. The van der Waals surface area contributed by atoms with Crippen LogP contribution in [0.4, 0.5) is 0 Å². The number of nitrogens with one attached hydrogen (secondary N) is 1. The van der Waals surface area contributed by atoms with Gasteiger partial charge in [-0.25, -0.2) is 4.79 Å². The smallest absolute Gasteiger partial charge is 0.329 e. The first-order chi connectivity index (χ1) is 12.5. The molecule has 26 heavy (non-hydrogen) atoms. The van der Waals surface area contributed by atoms with Crippen LogP contribution in [0.5, 0.6) is 0 Å². The molecule has 134 valence electrons. The number of carbonyl (C=O) groups excluding carboxylic acids is 2. The minimum Gasteiger partial charge on any atom is -0.459 e. The Morgan fingerprint density at radius 3 is 2.27 bits per heavy atom. The zero-order chi connectivity index (χ0) is 18.9. The highest BCUT2D eigenvalue weighted by molar-refractivity contribution is 5.85. The first kappa shape index (κ1) is 19.2. The molecule has 2 rings (SSSR count). The molecule has 5 nitrogen and oxygen atoms in total. The number of hydrogen-bond acceptors (Lipinski definition) is 4. The average molecular weight is 350 g/mol. The fourth-order valence-corrected chi connectivity index (χ4v) is 2.42. The van der Waals surface area contributed by atoms with Crippen LogP contribution in [0.15, 0.2) is 54.6 Å². The maximum Gasteiger partial charge on any atom is 0.329 e. The Morgan fingerprint density at radius 1 is 1.04 bits per heavy atom. The van der Waals surface area contributed by atoms with E-state index >= 15 is 0 Å². The second-order valence-electron chi connectivity index (χ2n) is 6.37. The van der Waals surface area contributed by atoms with Gasteiger partial charge in [0, 0.05) is 0 Å². The van der Waals surface area contributed by atoms with Crippen molar-refractivity contribution in [1.82, 2.24) is 5.32 Å². The molecule has 1 amide bonds. The summed E-state index contributed by atoms with van der Waals surface area (Å²) < 4.78 is 5.34. The van der Waals surface area contributed by atoms with Crippen molar-refractivity contribution in [2.24, 2.45) is 5.92 Å². The Kier molecular flexibility index (Phi) is 6.92. The van der Waals surface area contributed by atoms with E-state index in [4.69, 9.17) is 10.00 Å². The summed E-state index contributed by atoms with van der Waals surface area (Å²) in [4.78, 5) is 24.6. The van der Waals surface area contributed by atoms with Crippen molar-refractivity contribution in [3.05, 3.63) is 71.3 Å². The van der Waals surface area contributed by atoms with Crippen LogP contribution in [0.2, 0.25) is 0 Å². The minimum atomic E-state index is -0.704. The summed E-state index contributed by atoms with van der Waals surface area (Å²) in [5.41, 5.74) is 2.22. The Balaban J connectivity index is 1.91. The number of nitrogens with zero attached hydrogens (tertiary/aromatic N) is 1. The van der Waals surface area contributed by atoms with Gasteiger partial charge in [-0.2, -0.15) is 5.26 Å². The van der Waals surface area contributed by atoms with Crippen molar-refractivity contribution in [2.75, 3.05) is 0 Å².